The average Bonchev–Trinajstić information content (AvgIpc) is 2.48. The van der Waals surface area contributed by atoms with E-state index in [1.54, 1.807) is 6.92 Å². The molecule has 0 saturated heterocycles. The summed E-state index contributed by atoms with van der Waals surface area (Å²) in [5.41, 5.74) is 0. The van der Waals surface area contributed by atoms with Crippen molar-refractivity contribution in [1.82, 2.24) is 5.16 Å². The molecular formula is C8H9N2O4-. The Morgan fingerprint density at radius 1 is 1.57 bits per heavy atom. The van der Waals surface area contributed by atoms with Crippen LogP contribution in [0.5, 0.6) is 0 Å². The first-order chi connectivity index (χ1) is 6.58. The van der Waals surface area contributed by atoms with E-state index in [2.05, 4.69) is 10.5 Å². The first kappa shape index (κ1) is 10.2. The average molecular weight is 197 g/mol. The maximum atomic E-state index is 11.0. The van der Waals surface area contributed by atoms with Crippen molar-refractivity contribution >= 4 is 17.7 Å². The van der Waals surface area contributed by atoms with Gasteiger partial charge in [-0.1, -0.05) is 5.16 Å². The summed E-state index contributed by atoms with van der Waals surface area (Å²) >= 11 is 0. The SMILES string of the molecule is Cc1cc(NC(=O)CCC(=O)[O-])no1. The fourth-order valence-corrected chi connectivity index (χ4v) is 0.846. The molecule has 0 radical (unpaired) electrons. The zero-order chi connectivity index (χ0) is 10.6. The van der Waals surface area contributed by atoms with Gasteiger partial charge >= 0.3 is 0 Å². The number of amides is 1. The first-order valence-electron chi connectivity index (χ1n) is 4.01. The molecule has 6 heteroatoms. The quantitative estimate of drug-likeness (QED) is 0.698. The number of hydrogen-bond donors (Lipinski definition) is 1. The lowest BCUT2D eigenvalue weighted by Crippen LogP contribution is -2.24. The Morgan fingerprint density at radius 3 is 2.79 bits per heavy atom. The summed E-state index contributed by atoms with van der Waals surface area (Å²) in [5.74, 6) is -0.829. The fraction of sp³-hybridized carbons (Fsp3) is 0.375. The molecule has 1 aromatic rings. The number of carboxylic acids is 1. The van der Waals surface area contributed by atoms with E-state index >= 15 is 0 Å². The largest absolute Gasteiger partial charge is 0.550 e. The number of rotatable bonds is 4. The van der Waals surface area contributed by atoms with E-state index in [1.165, 1.54) is 6.07 Å². The molecule has 1 amide bonds. The summed E-state index contributed by atoms with van der Waals surface area (Å²) in [5, 5.41) is 15.9. The van der Waals surface area contributed by atoms with Crippen molar-refractivity contribution in [3.05, 3.63) is 11.8 Å². The van der Waals surface area contributed by atoms with E-state index in [-0.39, 0.29) is 18.7 Å². The van der Waals surface area contributed by atoms with Gasteiger partial charge in [-0.3, -0.25) is 4.79 Å². The highest BCUT2D eigenvalue weighted by Crippen LogP contribution is 2.07. The molecule has 0 unspecified atom stereocenters. The van der Waals surface area contributed by atoms with Gasteiger partial charge in [-0.05, 0) is 13.3 Å². The second-order valence-electron chi connectivity index (χ2n) is 2.74. The Hall–Kier alpha value is -1.85. The van der Waals surface area contributed by atoms with Crippen LogP contribution in [0.2, 0.25) is 0 Å². The lowest BCUT2D eigenvalue weighted by molar-refractivity contribution is -0.305. The molecule has 1 aromatic heterocycles. The third-order valence-corrected chi connectivity index (χ3v) is 1.45. The number of nitrogens with one attached hydrogen (secondary N) is 1. The van der Waals surface area contributed by atoms with E-state index in [1.807, 2.05) is 0 Å². The standard InChI is InChI=1S/C8H10N2O4/c1-5-4-6(10-14-5)9-7(11)2-3-8(12)13/h4H,2-3H2,1H3,(H,12,13)(H,9,10,11)/p-1. The van der Waals surface area contributed by atoms with Crippen LogP contribution in [0.25, 0.3) is 0 Å². The zero-order valence-electron chi connectivity index (χ0n) is 7.57. The number of nitrogens with zero attached hydrogens (tertiary/aromatic N) is 1. The maximum absolute atomic E-state index is 11.0. The third-order valence-electron chi connectivity index (χ3n) is 1.45. The van der Waals surface area contributed by atoms with Crippen LogP contribution < -0.4 is 10.4 Å². The first-order valence-corrected chi connectivity index (χ1v) is 4.01. The molecular weight excluding hydrogens is 188 g/mol. The van der Waals surface area contributed by atoms with Crippen molar-refractivity contribution in [2.24, 2.45) is 0 Å². The van der Waals surface area contributed by atoms with Crippen LogP contribution in [-0.4, -0.2) is 17.0 Å². The number of carbonyl (C=O) groups excluding carboxylic acids is 2. The number of aromatic nitrogens is 1. The Balaban J connectivity index is 2.37. The highest BCUT2D eigenvalue weighted by molar-refractivity contribution is 5.91. The van der Waals surface area contributed by atoms with Crippen molar-refractivity contribution in [1.29, 1.82) is 0 Å². The van der Waals surface area contributed by atoms with Crippen LogP contribution in [0.15, 0.2) is 10.6 Å². The normalized spacial score (nSPS) is 9.79. The molecule has 0 atom stereocenters. The summed E-state index contributed by atoms with van der Waals surface area (Å²) in [7, 11) is 0. The van der Waals surface area contributed by atoms with Gasteiger partial charge in [0.1, 0.15) is 5.76 Å². The highest BCUT2D eigenvalue weighted by atomic mass is 16.5. The Labute approximate surface area is 79.9 Å². The van der Waals surface area contributed by atoms with Gasteiger partial charge in [-0.2, -0.15) is 0 Å². The third kappa shape index (κ3) is 3.26. The maximum Gasteiger partial charge on any atom is 0.225 e. The number of aryl methyl sites for hydroxylation is 1. The molecule has 1 N–H and O–H groups in total. The second kappa shape index (κ2) is 4.40. The minimum absolute atomic E-state index is 0.131. The van der Waals surface area contributed by atoms with E-state index in [0.717, 1.165) is 0 Å². The molecule has 1 rings (SSSR count). The van der Waals surface area contributed by atoms with Crippen molar-refractivity contribution < 1.29 is 19.2 Å². The van der Waals surface area contributed by atoms with Crippen LogP contribution in [0.1, 0.15) is 18.6 Å². The summed E-state index contributed by atoms with van der Waals surface area (Å²) < 4.78 is 4.70. The molecule has 0 bridgehead atoms. The Morgan fingerprint density at radius 2 is 2.29 bits per heavy atom. The minimum Gasteiger partial charge on any atom is -0.550 e. The molecule has 0 spiro atoms. The van der Waals surface area contributed by atoms with Gasteiger partial charge in [0.2, 0.25) is 5.91 Å². The van der Waals surface area contributed by atoms with Crippen molar-refractivity contribution in [3.8, 4) is 0 Å². The van der Waals surface area contributed by atoms with E-state index in [9.17, 15) is 14.7 Å². The second-order valence-corrected chi connectivity index (χ2v) is 2.74. The van der Waals surface area contributed by atoms with Crippen LogP contribution in [0, 0.1) is 6.92 Å². The van der Waals surface area contributed by atoms with Crippen LogP contribution in [-0.2, 0) is 9.59 Å². The predicted octanol–water partition coefficient (Wildman–Crippen LogP) is -0.548. The number of carbonyl (C=O) groups is 2. The lowest BCUT2D eigenvalue weighted by Gasteiger charge is -2.01. The zero-order valence-corrected chi connectivity index (χ0v) is 7.57. The minimum atomic E-state index is -1.25. The smallest absolute Gasteiger partial charge is 0.225 e. The molecule has 6 nitrogen and oxygen atoms in total. The van der Waals surface area contributed by atoms with E-state index in [4.69, 9.17) is 4.52 Å². The number of hydrogen-bond acceptors (Lipinski definition) is 5. The molecule has 0 aliphatic rings. The Kier molecular flexibility index (Phi) is 3.22. The van der Waals surface area contributed by atoms with E-state index in [0.29, 0.717) is 5.76 Å². The van der Waals surface area contributed by atoms with E-state index < -0.39 is 11.9 Å². The molecule has 14 heavy (non-hydrogen) atoms. The van der Waals surface area contributed by atoms with Gasteiger partial charge < -0.3 is 19.7 Å². The molecule has 1 heterocycles. The highest BCUT2D eigenvalue weighted by Gasteiger charge is 2.05. The molecule has 0 saturated carbocycles. The van der Waals surface area contributed by atoms with Gasteiger partial charge in [0, 0.05) is 18.5 Å². The summed E-state index contributed by atoms with van der Waals surface area (Å²) in [4.78, 5) is 21.1. The summed E-state index contributed by atoms with van der Waals surface area (Å²) in [6.45, 7) is 1.68. The molecule has 0 aromatic carbocycles. The number of aliphatic carboxylic acids is 1. The van der Waals surface area contributed by atoms with Gasteiger partial charge in [-0.25, -0.2) is 0 Å². The van der Waals surface area contributed by atoms with Gasteiger partial charge in [0.25, 0.3) is 0 Å². The molecule has 0 fully saturated rings. The topological polar surface area (TPSA) is 95.3 Å². The van der Waals surface area contributed by atoms with Crippen molar-refractivity contribution in [3.63, 3.8) is 0 Å². The van der Waals surface area contributed by atoms with Crippen molar-refractivity contribution in [2.45, 2.75) is 19.8 Å². The monoisotopic (exact) mass is 197 g/mol. The van der Waals surface area contributed by atoms with Crippen LogP contribution in [0.4, 0.5) is 5.82 Å². The number of anilines is 1. The molecule has 0 aliphatic carbocycles. The summed E-state index contributed by atoms with van der Waals surface area (Å²) in [6.07, 6.45) is -0.434. The van der Waals surface area contributed by atoms with Crippen LogP contribution >= 0.6 is 0 Å². The van der Waals surface area contributed by atoms with Gasteiger partial charge in [0.15, 0.2) is 5.82 Å². The lowest BCUT2D eigenvalue weighted by atomic mass is 10.3. The van der Waals surface area contributed by atoms with Gasteiger partial charge in [-0.15, -0.1) is 0 Å². The van der Waals surface area contributed by atoms with Gasteiger partial charge in [0.05, 0.1) is 0 Å². The van der Waals surface area contributed by atoms with Crippen molar-refractivity contribution in [2.75, 3.05) is 5.32 Å². The number of carboxylic acid groups (broad SMARTS) is 1. The molecule has 0 aliphatic heterocycles. The Bertz CT molecular complexity index is 345. The predicted molar refractivity (Wildman–Crippen MR) is 44.1 cm³/mol. The van der Waals surface area contributed by atoms with Crippen LogP contribution in [0.3, 0.4) is 0 Å². The summed E-state index contributed by atoms with van der Waals surface area (Å²) in [6, 6.07) is 1.54. The fourth-order valence-electron chi connectivity index (χ4n) is 0.846. The molecule has 76 valence electrons.